The number of thiophene rings is 1. The van der Waals surface area contributed by atoms with Gasteiger partial charge in [0.2, 0.25) is 0 Å². The fourth-order valence-corrected chi connectivity index (χ4v) is 2.30. The van der Waals surface area contributed by atoms with Gasteiger partial charge in [-0.1, -0.05) is 13.0 Å². The van der Waals surface area contributed by atoms with E-state index in [4.69, 9.17) is 5.26 Å². The molecular formula is C11H16N2S. The largest absolute Gasteiger partial charge is 0.306 e. The first kappa shape index (κ1) is 11.2. The van der Waals surface area contributed by atoms with E-state index in [0.29, 0.717) is 12.5 Å². The van der Waals surface area contributed by atoms with E-state index in [1.807, 2.05) is 0 Å². The lowest BCUT2D eigenvalue weighted by Crippen LogP contribution is -2.29. The SMILES string of the molecule is CCC(NC(C)CC#N)c1cccs1. The molecule has 0 aliphatic heterocycles. The molecule has 0 aliphatic rings. The minimum Gasteiger partial charge on any atom is -0.306 e. The molecule has 1 rings (SSSR count). The summed E-state index contributed by atoms with van der Waals surface area (Å²) in [4.78, 5) is 1.36. The van der Waals surface area contributed by atoms with Crippen molar-refractivity contribution in [2.24, 2.45) is 0 Å². The highest BCUT2D eigenvalue weighted by molar-refractivity contribution is 7.10. The summed E-state index contributed by atoms with van der Waals surface area (Å²) < 4.78 is 0. The Morgan fingerprint density at radius 3 is 2.93 bits per heavy atom. The Labute approximate surface area is 89.6 Å². The quantitative estimate of drug-likeness (QED) is 0.807. The van der Waals surface area contributed by atoms with Crippen molar-refractivity contribution in [2.45, 2.75) is 38.8 Å². The highest BCUT2D eigenvalue weighted by atomic mass is 32.1. The summed E-state index contributed by atoms with van der Waals surface area (Å²) >= 11 is 1.77. The molecule has 0 aliphatic carbocycles. The number of nitrogens with one attached hydrogen (secondary N) is 1. The van der Waals surface area contributed by atoms with Gasteiger partial charge in [0.1, 0.15) is 0 Å². The molecule has 0 bridgehead atoms. The first-order valence-corrected chi connectivity index (χ1v) is 5.82. The van der Waals surface area contributed by atoms with Gasteiger partial charge < -0.3 is 5.32 Å². The van der Waals surface area contributed by atoms with Crippen molar-refractivity contribution in [1.29, 1.82) is 5.26 Å². The van der Waals surface area contributed by atoms with Crippen LogP contribution in [0.4, 0.5) is 0 Å². The van der Waals surface area contributed by atoms with Gasteiger partial charge in [0, 0.05) is 17.0 Å². The third-order valence-corrected chi connectivity index (χ3v) is 3.16. The van der Waals surface area contributed by atoms with Crippen LogP contribution in [0.2, 0.25) is 0 Å². The lowest BCUT2D eigenvalue weighted by Gasteiger charge is -2.19. The van der Waals surface area contributed by atoms with Gasteiger partial charge in [-0.05, 0) is 24.8 Å². The molecule has 3 heteroatoms. The van der Waals surface area contributed by atoms with Gasteiger partial charge in [0.25, 0.3) is 0 Å². The fourth-order valence-electron chi connectivity index (χ4n) is 1.43. The molecule has 2 atom stereocenters. The predicted octanol–water partition coefficient (Wildman–Crippen LogP) is 3.09. The van der Waals surface area contributed by atoms with E-state index >= 15 is 0 Å². The van der Waals surface area contributed by atoms with Crippen LogP contribution < -0.4 is 5.32 Å². The molecule has 1 heterocycles. The number of hydrogen-bond donors (Lipinski definition) is 1. The molecule has 0 saturated carbocycles. The molecule has 0 amide bonds. The average Bonchev–Trinajstić information content (AvgIpc) is 2.67. The van der Waals surface area contributed by atoms with Crippen LogP contribution >= 0.6 is 11.3 Å². The topological polar surface area (TPSA) is 35.8 Å². The predicted molar refractivity (Wildman–Crippen MR) is 60.2 cm³/mol. The van der Waals surface area contributed by atoms with Gasteiger partial charge in [0.05, 0.1) is 12.5 Å². The van der Waals surface area contributed by atoms with Gasteiger partial charge in [-0.25, -0.2) is 0 Å². The maximum Gasteiger partial charge on any atom is 0.0638 e. The Bertz CT molecular complexity index is 287. The van der Waals surface area contributed by atoms with Crippen LogP contribution in [0.25, 0.3) is 0 Å². The molecule has 14 heavy (non-hydrogen) atoms. The number of nitrogens with zero attached hydrogens (tertiary/aromatic N) is 1. The van der Waals surface area contributed by atoms with Crippen LogP contribution in [-0.2, 0) is 0 Å². The first-order valence-electron chi connectivity index (χ1n) is 4.94. The second-order valence-electron chi connectivity index (χ2n) is 3.41. The second kappa shape index (κ2) is 5.79. The zero-order chi connectivity index (χ0) is 10.4. The van der Waals surface area contributed by atoms with E-state index in [1.165, 1.54) is 4.88 Å². The maximum atomic E-state index is 8.57. The van der Waals surface area contributed by atoms with Crippen molar-refractivity contribution >= 4 is 11.3 Å². The van der Waals surface area contributed by atoms with Crippen molar-refractivity contribution in [2.75, 3.05) is 0 Å². The van der Waals surface area contributed by atoms with Crippen LogP contribution in [0.5, 0.6) is 0 Å². The van der Waals surface area contributed by atoms with Crippen LogP contribution in [0.3, 0.4) is 0 Å². The maximum absolute atomic E-state index is 8.57. The van der Waals surface area contributed by atoms with Crippen LogP contribution in [0, 0.1) is 11.3 Å². The minimum absolute atomic E-state index is 0.270. The number of hydrogen-bond acceptors (Lipinski definition) is 3. The van der Waals surface area contributed by atoms with Gasteiger partial charge in [-0.15, -0.1) is 11.3 Å². The van der Waals surface area contributed by atoms with Gasteiger partial charge >= 0.3 is 0 Å². The molecule has 0 radical (unpaired) electrons. The summed E-state index contributed by atoms with van der Waals surface area (Å²) in [6.07, 6.45) is 1.64. The normalized spacial score (nSPS) is 14.6. The summed E-state index contributed by atoms with van der Waals surface area (Å²) in [5.41, 5.74) is 0. The number of rotatable bonds is 5. The van der Waals surface area contributed by atoms with E-state index in [9.17, 15) is 0 Å². The third kappa shape index (κ3) is 3.13. The zero-order valence-corrected chi connectivity index (χ0v) is 9.47. The molecule has 0 aromatic carbocycles. The third-order valence-electron chi connectivity index (χ3n) is 2.18. The van der Waals surface area contributed by atoms with Crippen LogP contribution in [0.1, 0.15) is 37.6 Å². The average molecular weight is 208 g/mol. The highest BCUT2D eigenvalue weighted by Crippen LogP contribution is 2.22. The van der Waals surface area contributed by atoms with Crippen molar-refractivity contribution in [1.82, 2.24) is 5.32 Å². The van der Waals surface area contributed by atoms with Crippen molar-refractivity contribution in [3.8, 4) is 6.07 Å². The van der Waals surface area contributed by atoms with E-state index in [1.54, 1.807) is 11.3 Å². The van der Waals surface area contributed by atoms with E-state index in [2.05, 4.69) is 42.7 Å². The molecule has 1 N–H and O–H groups in total. The Morgan fingerprint density at radius 1 is 1.64 bits per heavy atom. The van der Waals surface area contributed by atoms with Crippen LogP contribution in [0.15, 0.2) is 17.5 Å². The Hall–Kier alpha value is -0.850. The molecule has 2 nitrogen and oxygen atoms in total. The van der Waals surface area contributed by atoms with Gasteiger partial charge in [-0.2, -0.15) is 5.26 Å². The highest BCUT2D eigenvalue weighted by Gasteiger charge is 2.12. The summed E-state index contributed by atoms with van der Waals surface area (Å²) in [5.74, 6) is 0. The van der Waals surface area contributed by atoms with Gasteiger partial charge in [0.15, 0.2) is 0 Å². The lowest BCUT2D eigenvalue weighted by atomic mass is 10.1. The smallest absolute Gasteiger partial charge is 0.0638 e. The van der Waals surface area contributed by atoms with E-state index < -0.39 is 0 Å². The zero-order valence-electron chi connectivity index (χ0n) is 8.66. The van der Waals surface area contributed by atoms with E-state index in [0.717, 1.165) is 6.42 Å². The molecule has 2 unspecified atom stereocenters. The van der Waals surface area contributed by atoms with Crippen LogP contribution in [-0.4, -0.2) is 6.04 Å². The molecule has 76 valence electrons. The Morgan fingerprint density at radius 2 is 2.43 bits per heavy atom. The number of nitriles is 1. The molecule has 1 aromatic heterocycles. The summed E-state index contributed by atoms with van der Waals surface area (Å²) in [7, 11) is 0. The minimum atomic E-state index is 0.270. The summed E-state index contributed by atoms with van der Waals surface area (Å²) in [6.45, 7) is 4.22. The fraction of sp³-hybridized carbons (Fsp3) is 0.545. The second-order valence-corrected chi connectivity index (χ2v) is 4.39. The molecule has 0 saturated heterocycles. The Kier molecular flexibility index (Phi) is 4.64. The first-order chi connectivity index (χ1) is 6.77. The molecule has 0 spiro atoms. The monoisotopic (exact) mass is 208 g/mol. The molecular weight excluding hydrogens is 192 g/mol. The summed E-state index contributed by atoms with van der Waals surface area (Å²) in [6, 6.07) is 7.07. The summed E-state index contributed by atoms with van der Waals surface area (Å²) in [5, 5.41) is 14.1. The van der Waals surface area contributed by atoms with Crippen molar-refractivity contribution in [3.05, 3.63) is 22.4 Å². The van der Waals surface area contributed by atoms with Crippen molar-refractivity contribution in [3.63, 3.8) is 0 Å². The van der Waals surface area contributed by atoms with Gasteiger partial charge in [-0.3, -0.25) is 0 Å². The van der Waals surface area contributed by atoms with E-state index in [-0.39, 0.29) is 6.04 Å². The Balaban J connectivity index is 2.52. The standard InChI is InChI=1S/C11H16N2S/c1-3-10(11-5-4-8-14-11)13-9(2)6-7-12/h4-5,8-10,13H,3,6H2,1-2H3. The molecule has 0 fully saturated rings. The molecule has 1 aromatic rings. The lowest BCUT2D eigenvalue weighted by molar-refractivity contribution is 0.455. The van der Waals surface area contributed by atoms with Crippen molar-refractivity contribution < 1.29 is 0 Å².